The molecule has 0 fully saturated rings. The normalized spacial score (nSPS) is 9.67. The molecular formula is C33H31Cl2CsF2IN3O3. The second-order valence-electron chi connectivity index (χ2n) is 8.53. The van der Waals surface area contributed by atoms with Crippen molar-refractivity contribution in [1.82, 2.24) is 15.0 Å². The molecule has 0 unspecified atom stereocenters. The largest absolute Gasteiger partial charge is 1.00 e. The first-order valence-corrected chi connectivity index (χ1v) is 15.7. The van der Waals surface area contributed by atoms with Crippen LogP contribution in [0.15, 0.2) is 91.4 Å². The van der Waals surface area contributed by atoms with Gasteiger partial charge in [0.2, 0.25) is 5.95 Å². The molecule has 0 aliphatic carbocycles. The third kappa shape index (κ3) is 11.9. The van der Waals surface area contributed by atoms with Gasteiger partial charge in [-0.05, 0) is 24.3 Å². The number of halogens is 5. The number of nitrogens with zero attached hydrogens (tertiary/aromatic N) is 3. The van der Waals surface area contributed by atoms with Crippen molar-refractivity contribution in [1.29, 1.82) is 0 Å². The number of aromatic nitrogens is 3. The molecule has 6 rings (SSSR count). The zero-order valence-electron chi connectivity index (χ0n) is 25.3. The Bertz CT molecular complexity index is 1660. The summed E-state index contributed by atoms with van der Waals surface area (Å²) in [6.07, 6.45) is 4.43. The van der Waals surface area contributed by atoms with Crippen molar-refractivity contribution < 1.29 is 92.6 Å². The van der Waals surface area contributed by atoms with Gasteiger partial charge in [0.25, 0.3) is 0 Å². The molecule has 0 amide bonds. The minimum absolute atomic E-state index is 0. The van der Waals surface area contributed by atoms with Gasteiger partial charge < -0.3 is 19.3 Å². The van der Waals surface area contributed by atoms with Gasteiger partial charge in [-0.25, -0.2) is 15.0 Å². The van der Waals surface area contributed by atoms with Crippen molar-refractivity contribution in [2.75, 3.05) is 17.6 Å². The SMILES string of the molecule is CCI.CCOc1cnc(Cl)c2ccccc12.CCOc1cnc(F)c2ccccc12.Oc1cnc(Cl)c2ccccc12.[Cs+].[F-]. The summed E-state index contributed by atoms with van der Waals surface area (Å²) in [6, 6.07) is 22.3. The number of aromatic hydroxyl groups is 1. The maximum Gasteiger partial charge on any atom is 1.00 e. The molecule has 3 aromatic carbocycles. The molecule has 232 valence electrons. The second-order valence-corrected chi connectivity index (χ2v) is 10.8. The summed E-state index contributed by atoms with van der Waals surface area (Å²) >= 11 is 14.1. The maximum atomic E-state index is 13.2. The number of fused-ring (bicyclic) bond motifs is 3. The predicted molar refractivity (Wildman–Crippen MR) is 184 cm³/mol. The molecule has 12 heteroatoms. The predicted octanol–water partition coefficient (Wildman–Crippen LogP) is 4.10. The van der Waals surface area contributed by atoms with Crippen LogP contribution in [-0.2, 0) is 0 Å². The molecule has 6 nitrogen and oxygen atoms in total. The van der Waals surface area contributed by atoms with E-state index >= 15 is 0 Å². The van der Waals surface area contributed by atoms with Crippen LogP contribution in [-0.4, -0.2) is 37.7 Å². The Balaban J connectivity index is 0.000000317. The summed E-state index contributed by atoms with van der Waals surface area (Å²) in [4.78, 5) is 11.5. The van der Waals surface area contributed by atoms with E-state index in [1.54, 1.807) is 24.4 Å². The molecule has 0 saturated carbocycles. The fourth-order valence-corrected chi connectivity index (χ4v) is 4.38. The summed E-state index contributed by atoms with van der Waals surface area (Å²) in [5, 5.41) is 15.0. The van der Waals surface area contributed by atoms with Crippen molar-refractivity contribution in [3.8, 4) is 17.2 Å². The standard InChI is InChI=1S/C11H10ClNO.C11H10FNO.C9H6ClNO.C2H5I.Cs.FH/c2*1-2-14-10-7-13-11(12)9-6-4-3-5-8(9)10;10-9-7-4-2-1-3-6(7)8(12)5-11-9;1-2-3;;/h2*3-7H,2H2,1H3;1-5,12H;2H2,1H3;;1H/q;;;;+1;/p-1. The van der Waals surface area contributed by atoms with Crippen molar-refractivity contribution in [2.45, 2.75) is 20.8 Å². The van der Waals surface area contributed by atoms with Crippen LogP contribution in [0.3, 0.4) is 0 Å². The molecule has 6 aromatic rings. The van der Waals surface area contributed by atoms with Gasteiger partial charge in [0.15, 0.2) is 0 Å². The van der Waals surface area contributed by atoms with Crippen LogP contribution >= 0.6 is 45.8 Å². The smallest absolute Gasteiger partial charge is 1.00 e. The van der Waals surface area contributed by atoms with Crippen LogP contribution in [0.5, 0.6) is 17.2 Å². The van der Waals surface area contributed by atoms with Gasteiger partial charge in [0.05, 0.1) is 31.8 Å². The summed E-state index contributed by atoms with van der Waals surface area (Å²) in [5.74, 6) is 1.12. The first-order chi connectivity index (χ1) is 20.9. The van der Waals surface area contributed by atoms with E-state index in [1.165, 1.54) is 16.8 Å². The Morgan fingerprint density at radius 3 is 1.47 bits per heavy atom. The number of rotatable bonds is 4. The Hall–Kier alpha value is -1.49. The fourth-order valence-electron chi connectivity index (χ4n) is 3.95. The summed E-state index contributed by atoms with van der Waals surface area (Å²) in [5.41, 5.74) is 0. The average molecular weight is 886 g/mol. The maximum absolute atomic E-state index is 13.2. The molecule has 0 aliphatic rings. The van der Waals surface area contributed by atoms with E-state index in [9.17, 15) is 9.50 Å². The first kappa shape index (κ1) is 41.5. The first-order valence-electron chi connectivity index (χ1n) is 13.5. The van der Waals surface area contributed by atoms with E-state index in [4.69, 9.17) is 32.7 Å². The van der Waals surface area contributed by atoms with E-state index in [1.807, 2.05) is 68.4 Å². The molecule has 0 aliphatic heterocycles. The zero-order chi connectivity index (χ0) is 31.2. The number of hydrogen-bond acceptors (Lipinski definition) is 6. The fraction of sp³-hybridized carbons (Fsp3) is 0.182. The second kappa shape index (κ2) is 22.1. The Labute approximate surface area is 344 Å². The van der Waals surface area contributed by atoms with E-state index < -0.39 is 5.95 Å². The van der Waals surface area contributed by atoms with Gasteiger partial charge in [-0.2, -0.15) is 4.39 Å². The zero-order valence-corrected chi connectivity index (χ0v) is 35.2. The van der Waals surface area contributed by atoms with Crippen LogP contribution in [0.4, 0.5) is 4.39 Å². The molecule has 1 N–H and O–H groups in total. The molecule has 45 heavy (non-hydrogen) atoms. The van der Waals surface area contributed by atoms with Gasteiger partial charge in [0, 0.05) is 32.3 Å². The van der Waals surface area contributed by atoms with E-state index in [2.05, 4.69) is 44.5 Å². The van der Waals surface area contributed by atoms with Gasteiger partial charge in [0.1, 0.15) is 27.6 Å². The van der Waals surface area contributed by atoms with Gasteiger partial charge in [-0.3, -0.25) is 0 Å². The van der Waals surface area contributed by atoms with Crippen molar-refractivity contribution >= 4 is 78.1 Å². The van der Waals surface area contributed by atoms with Crippen LogP contribution < -0.4 is 83.1 Å². The van der Waals surface area contributed by atoms with Crippen molar-refractivity contribution in [3.63, 3.8) is 0 Å². The number of ether oxygens (including phenoxy) is 2. The third-order valence-electron chi connectivity index (χ3n) is 5.74. The van der Waals surface area contributed by atoms with Crippen molar-refractivity contribution in [2.24, 2.45) is 0 Å². The number of hydrogen-bond donors (Lipinski definition) is 1. The molecule has 0 atom stereocenters. The summed E-state index contributed by atoms with van der Waals surface area (Å²) in [6.45, 7) is 7.13. The monoisotopic (exact) mass is 885 g/mol. The van der Waals surface area contributed by atoms with E-state index in [0.717, 1.165) is 32.7 Å². The van der Waals surface area contributed by atoms with Gasteiger partial charge in [-0.1, -0.05) is 119 Å². The molecule has 0 radical (unpaired) electrons. The van der Waals surface area contributed by atoms with E-state index in [-0.39, 0.29) is 79.3 Å². The minimum atomic E-state index is -0.455. The van der Waals surface area contributed by atoms with Gasteiger partial charge in [-0.15, -0.1) is 0 Å². The third-order valence-corrected chi connectivity index (χ3v) is 6.35. The van der Waals surface area contributed by atoms with Crippen molar-refractivity contribution in [3.05, 3.63) is 108 Å². The topological polar surface area (TPSA) is 77.4 Å². The average Bonchev–Trinajstić information content (AvgIpc) is 3.03. The van der Waals surface area contributed by atoms with Crippen LogP contribution in [0, 0.1) is 5.95 Å². The summed E-state index contributed by atoms with van der Waals surface area (Å²) < 4.78 is 25.3. The van der Waals surface area contributed by atoms with E-state index in [0.29, 0.717) is 34.7 Å². The number of benzene rings is 3. The number of pyridine rings is 3. The Morgan fingerprint density at radius 1 is 0.644 bits per heavy atom. The quantitative estimate of drug-likeness (QED) is 0.164. The molecular weight excluding hydrogens is 855 g/mol. The minimum Gasteiger partial charge on any atom is -1.00 e. The van der Waals surface area contributed by atoms with Crippen LogP contribution in [0.2, 0.25) is 10.3 Å². The Morgan fingerprint density at radius 2 is 1.00 bits per heavy atom. The Kier molecular flexibility index (Phi) is 20.4. The summed E-state index contributed by atoms with van der Waals surface area (Å²) in [7, 11) is 0. The van der Waals surface area contributed by atoms with Crippen LogP contribution in [0.1, 0.15) is 20.8 Å². The number of alkyl halides is 1. The van der Waals surface area contributed by atoms with Crippen LogP contribution in [0.25, 0.3) is 32.3 Å². The molecule has 0 bridgehead atoms. The molecule has 0 spiro atoms. The molecule has 0 saturated heterocycles. The van der Waals surface area contributed by atoms with Gasteiger partial charge >= 0.3 is 68.9 Å². The molecule has 3 aromatic heterocycles. The molecule has 3 heterocycles.